The van der Waals surface area contributed by atoms with Crippen LogP contribution in [-0.4, -0.2) is 21.5 Å². The molecule has 0 fully saturated rings. The summed E-state index contributed by atoms with van der Waals surface area (Å²) >= 11 is 0. The fourth-order valence-corrected chi connectivity index (χ4v) is 3.07. The van der Waals surface area contributed by atoms with Crippen LogP contribution in [0.4, 0.5) is 5.69 Å². The number of nitro benzene ring substituents is 1. The van der Waals surface area contributed by atoms with E-state index in [-0.39, 0.29) is 40.8 Å². The second-order valence-electron chi connectivity index (χ2n) is 5.85. The summed E-state index contributed by atoms with van der Waals surface area (Å²) in [6.07, 6.45) is 3.33. The average Bonchev–Trinajstić information content (AvgIpc) is 2.96. The molecule has 0 saturated carbocycles. The van der Waals surface area contributed by atoms with Crippen LogP contribution in [-0.2, 0) is 6.54 Å². The van der Waals surface area contributed by atoms with E-state index in [9.17, 15) is 19.7 Å². The largest absolute Gasteiger partial charge is 1.00 e. The van der Waals surface area contributed by atoms with Crippen molar-refractivity contribution < 1.29 is 36.1 Å². The molecule has 134 valence electrons. The number of hydrogen-bond acceptors (Lipinski definition) is 5. The second-order valence-corrected chi connectivity index (χ2v) is 5.85. The Bertz CT molecular complexity index is 1080. The molecule has 0 spiro atoms. The van der Waals surface area contributed by atoms with Crippen LogP contribution < -0.4 is 21.5 Å². The smallest absolute Gasteiger partial charge is 0.269 e. The first-order chi connectivity index (χ1) is 12.6. The van der Waals surface area contributed by atoms with Gasteiger partial charge in [-0.3, -0.25) is 19.7 Å². The fourth-order valence-electron chi connectivity index (χ4n) is 3.07. The van der Waals surface area contributed by atoms with Crippen LogP contribution in [0, 0.1) is 10.1 Å². The Kier molecular flexibility index (Phi) is 4.91. The molecule has 0 unspecified atom stereocenters. The van der Waals surface area contributed by atoms with E-state index in [1.165, 1.54) is 24.3 Å². The predicted octanol–water partition coefficient (Wildman–Crippen LogP) is -0.624. The Hall–Kier alpha value is -3.26. The molecule has 0 bridgehead atoms. The van der Waals surface area contributed by atoms with E-state index in [0.717, 1.165) is 0 Å². The molecule has 2 aromatic heterocycles. The summed E-state index contributed by atoms with van der Waals surface area (Å²) in [6.45, 7) is 0.00424. The first kappa shape index (κ1) is 18.5. The van der Waals surface area contributed by atoms with Gasteiger partial charge in [-0.05, 0) is 30.3 Å². The summed E-state index contributed by atoms with van der Waals surface area (Å²) in [5, 5.41) is 10.7. The lowest BCUT2D eigenvalue weighted by atomic mass is 10.1. The van der Waals surface area contributed by atoms with Crippen LogP contribution in [0.1, 0.15) is 26.3 Å². The van der Waals surface area contributed by atoms with E-state index in [1.54, 1.807) is 41.2 Å². The lowest BCUT2D eigenvalue weighted by Gasteiger charge is -2.03. The lowest BCUT2D eigenvalue weighted by Crippen LogP contribution is -3.00. The highest BCUT2D eigenvalue weighted by molar-refractivity contribution is 6.19. The third kappa shape index (κ3) is 3.15. The van der Waals surface area contributed by atoms with Crippen molar-refractivity contribution in [3.63, 3.8) is 0 Å². The molecule has 1 aliphatic rings. The number of rotatable bonds is 4. The average molecular weight is 426 g/mol. The topological polar surface area (TPSA) is 94.1 Å². The first-order valence-corrected chi connectivity index (χ1v) is 7.86. The van der Waals surface area contributed by atoms with E-state index in [2.05, 4.69) is 4.98 Å². The van der Waals surface area contributed by atoms with Crippen molar-refractivity contribution in [3.05, 3.63) is 87.7 Å². The van der Waals surface area contributed by atoms with Crippen molar-refractivity contribution in [2.75, 3.05) is 0 Å². The molecule has 27 heavy (non-hydrogen) atoms. The standard InChI is InChI=1S/C19H12N3O4.BrH/c23-16(12-5-7-13(8-6-12)22(25)26)11-21-10-2-4-15-18(21)17-14(19(15)24)3-1-9-20-17;/h1-10H,11H2;1H/q+1;/p-1. The Labute approximate surface area is 164 Å². The predicted molar refractivity (Wildman–Crippen MR) is 90.7 cm³/mol. The quantitative estimate of drug-likeness (QED) is 0.188. The number of pyridine rings is 2. The minimum atomic E-state index is -0.513. The van der Waals surface area contributed by atoms with Gasteiger partial charge in [-0.25, -0.2) is 4.98 Å². The van der Waals surface area contributed by atoms with E-state index >= 15 is 0 Å². The summed E-state index contributed by atoms with van der Waals surface area (Å²) in [7, 11) is 0. The van der Waals surface area contributed by atoms with Crippen molar-refractivity contribution in [3.8, 4) is 11.4 Å². The Morgan fingerprint density at radius 2 is 1.78 bits per heavy atom. The van der Waals surface area contributed by atoms with Crippen molar-refractivity contribution in [2.24, 2.45) is 0 Å². The third-order valence-corrected chi connectivity index (χ3v) is 4.31. The molecule has 0 amide bonds. The number of fused-ring (bicyclic) bond motifs is 3. The minimum Gasteiger partial charge on any atom is -1.00 e. The van der Waals surface area contributed by atoms with Gasteiger partial charge >= 0.3 is 0 Å². The zero-order valence-corrected chi connectivity index (χ0v) is 15.4. The second kappa shape index (κ2) is 7.16. The van der Waals surface area contributed by atoms with Crippen molar-refractivity contribution >= 4 is 17.3 Å². The van der Waals surface area contributed by atoms with Gasteiger partial charge in [0.25, 0.3) is 5.69 Å². The van der Waals surface area contributed by atoms with Gasteiger partial charge in [0.2, 0.25) is 23.8 Å². The van der Waals surface area contributed by atoms with Crippen molar-refractivity contribution in [1.29, 1.82) is 0 Å². The number of carbonyl (C=O) groups is 2. The molecule has 0 N–H and O–H groups in total. The van der Waals surface area contributed by atoms with Gasteiger partial charge in [0, 0.05) is 30.0 Å². The van der Waals surface area contributed by atoms with Gasteiger partial charge in [0.1, 0.15) is 5.69 Å². The summed E-state index contributed by atoms with van der Waals surface area (Å²) in [4.78, 5) is 39.6. The van der Waals surface area contributed by atoms with Crippen LogP contribution in [0.3, 0.4) is 0 Å². The van der Waals surface area contributed by atoms with Gasteiger partial charge in [-0.15, -0.1) is 0 Å². The highest BCUT2D eigenvalue weighted by atomic mass is 79.9. The molecule has 3 aromatic rings. The van der Waals surface area contributed by atoms with Crippen LogP contribution >= 0.6 is 0 Å². The van der Waals surface area contributed by atoms with Crippen LogP contribution in [0.5, 0.6) is 0 Å². The molecular weight excluding hydrogens is 414 g/mol. The number of nitrogens with zero attached hydrogens (tertiary/aromatic N) is 3. The number of nitro groups is 1. The van der Waals surface area contributed by atoms with Gasteiger partial charge in [0.15, 0.2) is 6.20 Å². The summed E-state index contributed by atoms with van der Waals surface area (Å²) in [5.41, 5.74) is 2.50. The maximum absolute atomic E-state index is 12.6. The number of halogens is 1. The molecule has 0 atom stereocenters. The van der Waals surface area contributed by atoms with Crippen LogP contribution in [0.15, 0.2) is 60.9 Å². The number of carbonyl (C=O) groups excluding carboxylic acids is 2. The maximum atomic E-state index is 12.6. The molecule has 0 saturated heterocycles. The lowest BCUT2D eigenvalue weighted by molar-refractivity contribution is -0.672. The van der Waals surface area contributed by atoms with Crippen LogP contribution in [0.25, 0.3) is 11.4 Å². The molecular formula is C19H12BrN3O4. The highest BCUT2D eigenvalue weighted by Gasteiger charge is 2.36. The molecule has 4 rings (SSSR count). The van der Waals surface area contributed by atoms with Crippen molar-refractivity contribution in [1.82, 2.24) is 4.98 Å². The zero-order chi connectivity index (χ0) is 18.3. The number of benzene rings is 1. The van der Waals surface area contributed by atoms with E-state index in [1.807, 2.05) is 0 Å². The van der Waals surface area contributed by atoms with Gasteiger partial charge in [-0.2, -0.15) is 4.57 Å². The third-order valence-electron chi connectivity index (χ3n) is 4.31. The van der Waals surface area contributed by atoms with Gasteiger partial charge in [-0.1, -0.05) is 0 Å². The molecule has 1 aliphatic carbocycles. The highest BCUT2D eigenvalue weighted by Crippen LogP contribution is 2.31. The normalized spacial score (nSPS) is 11.3. The number of ketones is 2. The van der Waals surface area contributed by atoms with E-state index in [0.29, 0.717) is 28.1 Å². The molecule has 2 heterocycles. The number of non-ortho nitro benzene ring substituents is 1. The molecule has 7 nitrogen and oxygen atoms in total. The molecule has 0 aliphatic heterocycles. The van der Waals surface area contributed by atoms with E-state index < -0.39 is 4.92 Å². The minimum absolute atomic E-state index is 0. The van der Waals surface area contributed by atoms with Crippen molar-refractivity contribution in [2.45, 2.75) is 6.54 Å². The summed E-state index contributed by atoms with van der Waals surface area (Å²) < 4.78 is 1.69. The monoisotopic (exact) mass is 425 g/mol. The molecule has 0 radical (unpaired) electrons. The summed E-state index contributed by atoms with van der Waals surface area (Å²) in [5.74, 6) is -0.324. The van der Waals surface area contributed by atoms with Gasteiger partial charge in [0.05, 0.1) is 16.1 Å². The maximum Gasteiger partial charge on any atom is 0.269 e. The number of hydrogen-bond donors (Lipinski definition) is 0. The van der Waals surface area contributed by atoms with Gasteiger partial charge < -0.3 is 17.0 Å². The van der Waals surface area contributed by atoms with E-state index in [4.69, 9.17) is 0 Å². The fraction of sp³-hybridized carbons (Fsp3) is 0.0526. The molecule has 1 aromatic carbocycles. The Balaban J connectivity index is 0.00000210. The molecule has 8 heteroatoms. The first-order valence-electron chi connectivity index (χ1n) is 7.86. The Morgan fingerprint density at radius 1 is 1.07 bits per heavy atom. The van der Waals surface area contributed by atoms with Crippen LogP contribution in [0.2, 0.25) is 0 Å². The number of Topliss-reactive ketones (excluding diaryl/α,β-unsaturated/α-hetero) is 1. The Morgan fingerprint density at radius 3 is 2.48 bits per heavy atom. The zero-order valence-electron chi connectivity index (χ0n) is 13.8. The number of aromatic nitrogens is 2. The SMILES string of the molecule is O=C(C[n+]1cccc2c1-c1ncccc1C2=O)c1ccc([N+](=O)[O-])cc1.[Br-]. The summed E-state index contributed by atoms with van der Waals surface area (Å²) in [6, 6.07) is 12.3.